The lowest BCUT2D eigenvalue weighted by Crippen LogP contribution is -2.64. The number of amidine groups is 1. The second-order valence-electron chi connectivity index (χ2n) is 6.49. The van der Waals surface area contributed by atoms with Gasteiger partial charge in [-0.15, -0.1) is 0 Å². The van der Waals surface area contributed by atoms with Crippen LogP contribution in [0.2, 0.25) is 0 Å². The average Bonchev–Trinajstić information content (AvgIpc) is 2.55. The van der Waals surface area contributed by atoms with E-state index in [1.807, 2.05) is 11.8 Å². The molecule has 21 heavy (non-hydrogen) atoms. The van der Waals surface area contributed by atoms with Crippen molar-refractivity contribution in [3.63, 3.8) is 0 Å². The van der Waals surface area contributed by atoms with E-state index in [-0.39, 0.29) is 0 Å². The lowest BCUT2D eigenvalue weighted by atomic mass is 9.66. The van der Waals surface area contributed by atoms with Crippen LogP contribution in [0.3, 0.4) is 0 Å². The summed E-state index contributed by atoms with van der Waals surface area (Å²) in [5, 5.41) is 4.93. The fourth-order valence-corrected chi connectivity index (χ4v) is 4.75. The van der Waals surface area contributed by atoms with Crippen molar-refractivity contribution in [2.24, 2.45) is 16.8 Å². The molecule has 4 heteroatoms. The van der Waals surface area contributed by atoms with E-state index in [1.54, 1.807) is 0 Å². The van der Waals surface area contributed by atoms with Crippen LogP contribution in [0.5, 0.6) is 0 Å². The molecule has 2 atom stereocenters. The zero-order chi connectivity index (χ0) is 14.1. The van der Waals surface area contributed by atoms with Gasteiger partial charge in [-0.1, -0.05) is 42.1 Å². The Morgan fingerprint density at radius 2 is 2.00 bits per heavy atom. The van der Waals surface area contributed by atoms with Crippen LogP contribution >= 0.6 is 11.8 Å². The molecule has 2 unspecified atom stereocenters. The molecule has 3 heterocycles. The lowest BCUT2D eigenvalue weighted by molar-refractivity contribution is -0.00997. The van der Waals surface area contributed by atoms with Gasteiger partial charge in [0.15, 0.2) is 5.17 Å². The van der Waals surface area contributed by atoms with E-state index in [1.165, 1.54) is 42.4 Å². The van der Waals surface area contributed by atoms with Gasteiger partial charge >= 0.3 is 0 Å². The van der Waals surface area contributed by atoms with Crippen molar-refractivity contribution in [3.8, 4) is 0 Å². The maximum Gasteiger partial charge on any atom is 0.156 e. The average molecular weight is 301 g/mol. The molecule has 2 saturated heterocycles. The molecule has 112 valence electrons. The highest BCUT2D eigenvalue weighted by Gasteiger charge is 2.46. The molecule has 1 aromatic carbocycles. The van der Waals surface area contributed by atoms with Crippen molar-refractivity contribution in [1.29, 1.82) is 0 Å². The van der Waals surface area contributed by atoms with Gasteiger partial charge in [0, 0.05) is 38.0 Å². The Kier molecular flexibility index (Phi) is 3.91. The monoisotopic (exact) mass is 301 g/mol. The minimum absolute atomic E-state index is 0.682. The minimum atomic E-state index is 0.682. The minimum Gasteiger partial charge on any atom is -0.362 e. The summed E-state index contributed by atoms with van der Waals surface area (Å²) < 4.78 is 0. The van der Waals surface area contributed by atoms with Crippen molar-refractivity contribution in [1.82, 2.24) is 10.2 Å². The van der Waals surface area contributed by atoms with Crippen molar-refractivity contribution < 1.29 is 0 Å². The number of hydrogen-bond donors (Lipinski definition) is 1. The molecule has 0 spiro atoms. The van der Waals surface area contributed by atoms with Crippen LogP contribution in [0.15, 0.2) is 35.3 Å². The van der Waals surface area contributed by atoms with Crippen LogP contribution in [0.1, 0.15) is 18.4 Å². The number of hydrogen-bond acceptors (Lipinski definition) is 4. The van der Waals surface area contributed by atoms with Crippen molar-refractivity contribution in [2.45, 2.75) is 25.4 Å². The molecule has 0 amide bonds. The molecule has 0 radical (unpaired) electrons. The summed E-state index contributed by atoms with van der Waals surface area (Å²) in [5.41, 5.74) is 1.44. The number of rotatable bonds is 3. The number of nitrogens with one attached hydrogen (secondary N) is 1. The molecule has 3 nitrogen and oxygen atoms in total. The largest absolute Gasteiger partial charge is 0.362 e. The highest BCUT2D eigenvalue weighted by atomic mass is 32.2. The predicted octanol–water partition coefficient (Wildman–Crippen LogP) is 2.59. The summed E-state index contributed by atoms with van der Waals surface area (Å²) in [6.07, 6.45) is 2.64. The first-order chi connectivity index (χ1) is 10.4. The van der Waals surface area contributed by atoms with Crippen molar-refractivity contribution in [2.75, 3.05) is 25.4 Å². The number of aliphatic imine (C=N–C) groups is 1. The van der Waals surface area contributed by atoms with E-state index in [4.69, 9.17) is 0 Å². The Hall–Kier alpha value is -1.00. The van der Waals surface area contributed by atoms with Gasteiger partial charge in [-0.3, -0.25) is 9.89 Å². The number of nitrogens with zero attached hydrogens (tertiary/aromatic N) is 2. The Labute approximate surface area is 131 Å². The quantitative estimate of drug-likeness (QED) is 0.930. The summed E-state index contributed by atoms with van der Waals surface area (Å²) in [6, 6.07) is 11.5. The first kappa shape index (κ1) is 13.6. The van der Waals surface area contributed by atoms with Crippen molar-refractivity contribution in [3.05, 3.63) is 35.9 Å². The maximum absolute atomic E-state index is 4.62. The number of fused-ring (bicyclic) bond motifs is 2. The Morgan fingerprint density at radius 1 is 1.19 bits per heavy atom. The second kappa shape index (κ2) is 6.01. The van der Waals surface area contributed by atoms with Crippen LogP contribution in [-0.2, 0) is 6.54 Å². The molecule has 1 N–H and O–H groups in total. The third-order valence-corrected chi connectivity index (χ3v) is 5.96. The third kappa shape index (κ3) is 2.97. The molecule has 0 aromatic heterocycles. The zero-order valence-corrected chi connectivity index (χ0v) is 13.2. The maximum atomic E-state index is 4.62. The first-order valence-corrected chi connectivity index (χ1v) is 9.07. The molecule has 1 aliphatic carbocycles. The van der Waals surface area contributed by atoms with Gasteiger partial charge in [0.05, 0.1) is 0 Å². The van der Waals surface area contributed by atoms with Crippen LogP contribution in [-0.4, -0.2) is 41.5 Å². The molecule has 1 saturated carbocycles. The van der Waals surface area contributed by atoms with Crippen LogP contribution in [0, 0.1) is 11.8 Å². The SMILES string of the molecule is c1ccc(CN2CC3CC(C2)C3NC2=NCCCS2)cc1. The highest BCUT2D eigenvalue weighted by molar-refractivity contribution is 8.13. The summed E-state index contributed by atoms with van der Waals surface area (Å²) in [5.74, 6) is 2.86. The number of benzene rings is 1. The molecule has 3 fully saturated rings. The molecule has 1 aromatic rings. The van der Waals surface area contributed by atoms with Crippen LogP contribution in [0.25, 0.3) is 0 Å². The van der Waals surface area contributed by atoms with E-state index in [9.17, 15) is 0 Å². The fourth-order valence-electron chi connectivity index (χ4n) is 3.88. The Bertz CT molecular complexity index is 504. The highest BCUT2D eigenvalue weighted by Crippen LogP contribution is 2.40. The second-order valence-corrected chi connectivity index (χ2v) is 7.58. The molecule has 4 aliphatic rings. The molecule has 3 aliphatic heterocycles. The van der Waals surface area contributed by atoms with Gasteiger partial charge in [0.25, 0.3) is 0 Å². The van der Waals surface area contributed by atoms with Gasteiger partial charge < -0.3 is 5.32 Å². The van der Waals surface area contributed by atoms with Gasteiger partial charge in [0.1, 0.15) is 0 Å². The number of thioether (sulfide) groups is 1. The zero-order valence-electron chi connectivity index (χ0n) is 12.4. The standard InChI is InChI=1S/C17H23N3S/c1-2-5-13(6-3-1)10-20-11-14-9-15(12-20)16(14)19-17-18-7-4-8-21-17/h1-3,5-6,14-16H,4,7-12H2,(H,18,19). The molecular formula is C17H23N3S. The predicted molar refractivity (Wildman–Crippen MR) is 89.6 cm³/mol. The lowest BCUT2D eigenvalue weighted by Gasteiger charge is -2.54. The topological polar surface area (TPSA) is 27.6 Å². The van der Waals surface area contributed by atoms with E-state index in [2.05, 4.69) is 45.5 Å². The van der Waals surface area contributed by atoms with E-state index >= 15 is 0 Å². The van der Waals surface area contributed by atoms with Gasteiger partial charge in [-0.05, 0) is 30.2 Å². The normalized spacial score (nSPS) is 32.2. The van der Waals surface area contributed by atoms with E-state index < -0.39 is 0 Å². The molecular weight excluding hydrogens is 278 g/mol. The Morgan fingerprint density at radius 3 is 2.71 bits per heavy atom. The Balaban J connectivity index is 1.32. The van der Waals surface area contributed by atoms with E-state index in [0.717, 1.165) is 24.9 Å². The van der Waals surface area contributed by atoms with Gasteiger partial charge in [-0.2, -0.15) is 0 Å². The summed E-state index contributed by atoms with van der Waals surface area (Å²) >= 11 is 1.91. The van der Waals surface area contributed by atoms with E-state index in [0.29, 0.717) is 6.04 Å². The molecule has 2 bridgehead atoms. The van der Waals surface area contributed by atoms with Crippen molar-refractivity contribution >= 4 is 16.9 Å². The first-order valence-electron chi connectivity index (χ1n) is 8.08. The smallest absolute Gasteiger partial charge is 0.156 e. The summed E-state index contributed by atoms with van der Waals surface area (Å²) in [6.45, 7) is 4.59. The van der Waals surface area contributed by atoms with Crippen LogP contribution in [0.4, 0.5) is 0 Å². The summed E-state index contributed by atoms with van der Waals surface area (Å²) in [7, 11) is 0. The summed E-state index contributed by atoms with van der Waals surface area (Å²) in [4.78, 5) is 7.25. The van der Waals surface area contributed by atoms with Gasteiger partial charge in [-0.25, -0.2) is 0 Å². The fraction of sp³-hybridized carbons (Fsp3) is 0.588. The third-order valence-electron chi connectivity index (χ3n) is 4.94. The van der Waals surface area contributed by atoms with Gasteiger partial charge in [0.2, 0.25) is 0 Å². The number of piperidine rings is 2. The molecule has 5 rings (SSSR count). The van der Waals surface area contributed by atoms with Crippen LogP contribution < -0.4 is 5.32 Å².